The van der Waals surface area contributed by atoms with Gasteiger partial charge in [-0.25, -0.2) is 4.79 Å². The molecule has 0 bridgehead atoms. The second kappa shape index (κ2) is 6.67. The monoisotopic (exact) mass is 173 g/mol. The molecule has 0 rings (SSSR count). The van der Waals surface area contributed by atoms with E-state index < -0.39 is 0 Å². The Bertz CT molecular complexity index is 166. The lowest BCUT2D eigenvalue weighted by Crippen LogP contribution is -2.15. The zero-order valence-electron chi connectivity index (χ0n) is 7.46. The van der Waals surface area contributed by atoms with E-state index in [1.165, 1.54) is 13.2 Å². The molecule has 12 heavy (non-hydrogen) atoms. The molecule has 0 atom stereocenters. The minimum atomic E-state index is -0.371. The van der Waals surface area contributed by atoms with Gasteiger partial charge in [0, 0.05) is 24.9 Å². The Morgan fingerprint density at radius 2 is 2.33 bits per heavy atom. The smallest absolute Gasteiger partial charge is 0.332 e. The summed E-state index contributed by atoms with van der Waals surface area (Å²) >= 11 is 0. The first kappa shape index (κ1) is 11.0. The highest BCUT2D eigenvalue weighted by Gasteiger charge is 1.94. The van der Waals surface area contributed by atoms with Crippen LogP contribution in [-0.4, -0.2) is 31.3 Å². The van der Waals surface area contributed by atoms with Gasteiger partial charge in [0.25, 0.3) is 0 Å². The van der Waals surface area contributed by atoms with Crippen LogP contribution in [0.3, 0.4) is 0 Å². The summed E-state index contributed by atoms with van der Waals surface area (Å²) in [5.41, 5.74) is 0.746. The third-order valence-corrected chi connectivity index (χ3v) is 1.27. The maximum Gasteiger partial charge on any atom is 0.332 e. The molecule has 0 aliphatic carbocycles. The average Bonchev–Trinajstić information content (AvgIpc) is 2.05. The van der Waals surface area contributed by atoms with Crippen LogP contribution >= 0.6 is 0 Å². The summed E-state index contributed by atoms with van der Waals surface area (Å²) in [6.45, 7) is 2.59. The van der Waals surface area contributed by atoms with Crippen molar-refractivity contribution in [2.45, 2.75) is 13.3 Å². The van der Waals surface area contributed by atoms with Crippen LogP contribution in [0.1, 0.15) is 13.3 Å². The summed E-state index contributed by atoms with van der Waals surface area (Å²) in [7, 11) is 1.33. The van der Waals surface area contributed by atoms with Gasteiger partial charge in [0.15, 0.2) is 0 Å². The maximum absolute atomic E-state index is 10.7. The predicted octanol–water partition coefficient (Wildman–Crippen LogP) is 0.0352. The van der Waals surface area contributed by atoms with E-state index in [0.717, 1.165) is 5.70 Å². The van der Waals surface area contributed by atoms with Gasteiger partial charge in [-0.05, 0) is 13.3 Å². The number of rotatable bonds is 5. The molecule has 0 aromatic carbocycles. The summed E-state index contributed by atoms with van der Waals surface area (Å²) in [6, 6.07) is 0. The number of hydrogen-bond acceptors (Lipinski definition) is 4. The van der Waals surface area contributed by atoms with Gasteiger partial charge in [0.1, 0.15) is 0 Å². The van der Waals surface area contributed by atoms with Crippen LogP contribution in [0.5, 0.6) is 0 Å². The van der Waals surface area contributed by atoms with Crippen molar-refractivity contribution < 1.29 is 14.6 Å². The molecule has 0 saturated carbocycles. The van der Waals surface area contributed by atoms with Crippen molar-refractivity contribution in [3.63, 3.8) is 0 Å². The largest absolute Gasteiger partial charge is 0.466 e. The highest BCUT2D eigenvalue weighted by Crippen LogP contribution is 1.88. The fourth-order valence-electron chi connectivity index (χ4n) is 0.651. The lowest BCUT2D eigenvalue weighted by Gasteiger charge is -2.03. The first-order chi connectivity index (χ1) is 5.70. The average molecular weight is 173 g/mol. The molecule has 2 N–H and O–H groups in total. The first-order valence-corrected chi connectivity index (χ1v) is 3.81. The maximum atomic E-state index is 10.7. The molecule has 0 spiro atoms. The Hall–Kier alpha value is -1.03. The Kier molecular flexibility index (Phi) is 6.09. The van der Waals surface area contributed by atoms with E-state index in [9.17, 15) is 4.79 Å². The lowest BCUT2D eigenvalue weighted by molar-refractivity contribution is -0.134. The van der Waals surface area contributed by atoms with Gasteiger partial charge < -0.3 is 15.2 Å². The van der Waals surface area contributed by atoms with Crippen molar-refractivity contribution in [3.05, 3.63) is 11.8 Å². The van der Waals surface area contributed by atoms with E-state index in [0.29, 0.717) is 13.0 Å². The highest BCUT2D eigenvalue weighted by molar-refractivity contribution is 5.82. The molecule has 0 aliphatic rings. The van der Waals surface area contributed by atoms with Crippen LogP contribution in [0.4, 0.5) is 0 Å². The van der Waals surface area contributed by atoms with Crippen molar-refractivity contribution in [2.24, 2.45) is 0 Å². The Morgan fingerprint density at radius 3 is 2.83 bits per heavy atom. The molecule has 0 saturated heterocycles. The highest BCUT2D eigenvalue weighted by atomic mass is 16.5. The van der Waals surface area contributed by atoms with Crippen LogP contribution < -0.4 is 5.32 Å². The van der Waals surface area contributed by atoms with Crippen LogP contribution in [0.2, 0.25) is 0 Å². The minimum absolute atomic E-state index is 0.151. The second-order valence-electron chi connectivity index (χ2n) is 2.35. The molecule has 0 unspecified atom stereocenters. The number of carbonyl (C=O) groups is 1. The van der Waals surface area contributed by atoms with Gasteiger partial charge in [0.05, 0.1) is 7.11 Å². The summed E-state index contributed by atoms with van der Waals surface area (Å²) in [5, 5.41) is 11.4. The number of allylic oxidation sites excluding steroid dienone is 1. The van der Waals surface area contributed by atoms with Gasteiger partial charge in [0.2, 0.25) is 0 Å². The third kappa shape index (κ3) is 5.73. The normalized spacial score (nSPS) is 11.1. The number of aliphatic hydroxyl groups is 1. The van der Waals surface area contributed by atoms with Crippen LogP contribution in [-0.2, 0) is 9.53 Å². The third-order valence-electron chi connectivity index (χ3n) is 1.27. The quantitative estimate of drug-likeness (QED) is 0.350. The van der Waals surface area contributed by atoms with Crippen molar-refractivity contribution in [1.82, 2.24) is 5.32 Å². The van der Waals surface area contributed by atoms with E-state index in [4.69, 9.17) is 5.11 Å². The van der Waals surface area contributed by atoms with E-state index in [-0.39, 0.29) is 12.6 Å². The molecule has 0 heterocycles. The zero-order chi connectivity index (χ0) is 9.40. The van der Waals surface area contributed by atoms with Gasteiger partial charge in [-0.1, -0.05) is 0 Å². The van der Waals surface area contributed by atoms with Gasteiger partial charge in [-0.15, -0.1) is 0 Å². The Balaban J connectivity index is 3.62. The van der Waals surface area contributed by atoms with Crippen molar-refractivity contribution in [3.8, 4) is 0 Å². The lowest BCUT2D eigenvalue weighted by atomic mass is 10.4. The molecule has 0 amide bonds. The zero-order valence-corrected chi connectivity index (χ0v) is 7.46. The van der Waals surface area contributed by atoms with Crippen molar-refractivity contribution in [1.29, 1.82) is 0 Å². The number of aliphatic hydroxyl groups excluding tert-OH is 1. The standard InChI is InChI=1S/C8H15NO3/c1-7(6-8(11)12-2)9-4-3-5-10/h6,9-10H,3-5H2,1-2H3/b7-6-. The van der Waals surface area contributed by atoms with Gasteiger partial charge in [-0.2, -0.15) is 0 Å². The molecule has 4 heteroatoms. The fraction of sp³-hybridized carbons (Fsp3) is 0.625. The Morgan fingerprint density at radius 1 is 1.67 bits per heavy atom. The summed E-state index contributed by atoms with van der Waals surface area (Å²) < 4.78 is 4.42. The topological polar surface area (TPSA) is 58.6 Å². The SMILES string of the molecule is COC(=O)/C=C(/C)NCCCO. The van der Waals surface area contributed by atoms with Crippen molar-refractivity contribution in [2.75, 3.05) is 20.3 Å². The van der Waals surface area contributed by atoms with Gasteiger partial charge >= 0.3 is 5.97 Å². The molecule has 0 radical (unpaired) electrons. The van der Waals surface area contributed by atoms with E-state index in [1.807, 2.05) is 0 Å². The first-order valence-electron chi connectivity index (χ1n) is 3.81. The number of nitrogens with one attached hydrogen (secondary N) is 1. The second-order valence-corrected chi connectivity index (χ2v) is 2.35. The number of esters is 1. The molecule has 0 aliphatic heterocycles. The Labute approximate surface area is 72.2 Å². The molecule has 0 aromatic rings. The van der Waals surface area contributed by atoms with Gasteiger partial charge in [-0.3, -0.25) is 0 Å². The van der Waals surface area contributed by atoms with Crippen LogP contribution in [0.25, 0.3) is 0 Å². The molecular formula is C8H15NO3. The molecular weight excluding hydrogens is 158 g/mol. The molecule has 70 valence electrons. The number of hydrogen-bond donors (Lipinski definition) is 2. The number of carbonyl (C=O) groups excluding carboxylic acids is 1. The van der Waals surface area contributed by atoms with Crippen molar-refractivity contribution >= 4 is 5.97 Å². The van der Waals surface area contributed by atoms with E-state index in [2.05, 4.69) is 10.1 Å². The van der Waals surface area contributed by atoms with E-state index >= 15 is 0 Å². The predicted molar refractivity (Wildman–Crippen MR) is 45.5 cm³/mol. The summed E-state index contributed by atoms with van der Waals surface area (Å²) in [6.07, 6.45) is 2.05. The van der Waals surface area contributed by atoms with E-state index in [1.54, 1.807) is 6.92 Å². The minimum Gasteiger partial charge on any atom is -0.466 e. The van der Waals surface area contributed by atoms with Crippen LogP contribution in [0.15, 0.2) is 11.8 Å². The molecule has 0 aromatic heterocycles. The molecule has 0 fully saturated rings. The fourth-order valence-corrected chi connectivity index (χ4v) is 0.651. The summed E-state index contributed by atoms with van der Waals surface area (Å²) in [4.78, 5) is 10.7. The number of methoxy groups -OCH3 is 1. The number of ether oxygens (including phenoxy) is 1. The van der Waals surface area contributed by atoms with Crippen LogP contribution in [0, 0.1) is 0 Å². The molecule has 4 nitrogen and oxygen atoms in total. The summed E-state index contributed by atoms with van der Waals surface area (Å²) in [5.74, 6) is -0.371.